The van der Waals surface area contributed by atoms with Crippen molar-refractivity contribution in [3.63, 3.8) is 0 Å². The van der Waals surface area contributed by atoms with Gasteiger partial charge in [0.1, 0.15) is 11.7 Å². The van der Waals surface area contributed by atoms with E-state index in [1.807, 2.05) is 0 Å². The number of amidine groups is 1. The van der Waals surface area contributed by atoms with Gasteiger partial charge in [-0.1, -0.05) is 6.07 Å². The second-order valence-electron chi connectivity index (χ2n) is 7.78. The summed E-state index contributed by atoms with van der Waals surface area (Å²) in [6.45, 7) is 6.70. The van der Waals surface area contributed by atoms with Gasteiger partial charge in [0.15, 0.2) is 0 Å². The van der Waals surface area contributed by atoms with Crippen LogP contribution < -0.4 is 5.73 Å². The van der Waals surface area contributed by atoms with Crippen molar-refractivity contribution in [3.8, 4) is 0 Å². The lowest BCUT2D eigenvalue weighted by atomic mass is 9.91. The molecule has 1 aromatic carbocycles. The fourth-order valence-electron chi connectivity index (χ4n) is 3.16. The number of ketones is 1. The number of hydrogen-bond donors (Lipinski definition) is 1. The van der Waals surface area contributed by atoms with Gasteiger partial charge < -0.3 is 10.2 Å². The highest BCUT2D eigenvalue weighted by atomic mass is 32.2. The van der Waals surface area contributed by atoms with Gasteiger partial charge in [-0.15, -0.1) is 10.2 Å². The zero-order valence-corrected chi connectivity index (χ0v) is 17.1. The Labute approximate surface area is 163 Å². The van der Waals surface area contributed by atoms with E-state index < -0.39 is 25.6 Å². The molecule has 2 aromatic rings. The molecule has 9 heteroatoms. The molecule has 0 saturated heterocycles. The number of aryl methyl sites for hydroxylation is 1. The number of hydrogen-bond acceptors (Lipinski definition) is 7. The molecule has 3 rings (SSSR count). The summed E-state index contributed by atoms with van der Waals surface area (Å²) < 4.78 is 32.1. The molecule has 0 amide bonds. The van der Waals surface area contributed by atoms with Crippen molar-refractivity contribution in [2.75, 3.05) is 5.75 Å². The van der Waals surface area contributed by atoms with Crippen LogP contribution in [0, 0.1) is 12.7 Å². The van der Waals surface area contributed by atoms with Gasteiger partial charge >= 0.3 is 0 Å². The molecule has 150 valence electrons. The summed E-state index contributed by atoms with van der Waals surface area (Å²) in [6, 6.07) is 4.31. The van der Waals surface area contributed by atoms with Crippen molar-refractivity contribution in [2.45, 2.75) is 44.4 Å². The van der Waals surface area contributed by atoms with Crippen LogP contribution in [-0.2, 0) is 21.5 Å². The van der Waals surface area contributed by atoms with E-state index in [4.69, 9.17) is 10.2 Å². The van der Waals surface area contributed by atoms with Crippen molar-refractivity contribution >= 4 is 27.0 Å². The minimum absolute atomic E-state index is 0.0462. The van der Waals surface area contributed by atoms with E-state index in [0.717, 1.165) is 0 Å². The Morgan fingerprint density at radius 1 is 1.36 bits per heavy atom. The van der Waals surface area contributed by atoms with Crippen molar-refractivity contribution in [1.29, 1.82) is 0 Å². The fourth-order valence-corrected chi connectivity index (χ4v) is 5.08. The zero-order chi connectivity index (χ0) is 20.9. The summed E-state index contributed by atoms with van der Waals surface area (Å²) >= 11 is 0. The maximum atomic E-state index is 14.7. The third-order valence-electron chi connectivity index (χ3n) is 5.17. The average Bonchev–Trinajstić information content (AvgIpc) is 3.01. The lowest BCUT2D eigenvalue weighted by Gasteiger charge is -2.41. The first-order valence-corrected chi connectivity index (χ1v) is 10.6. The molecule has 2 N–H and O–H groups in total. The first-order chi connectivity index (χ1) is 12.9. The Bertz CT molecular complexity index is 1090. The minimum Gasteiger partial charge on any atom is -0.419 e. The molecule has 2 heterocycles. The highest BCUT2D eigenvalue weighted by molar-refractivity contribution is 8.02. The second kappa shape index (κ2) is 6.51. The predicted molar refractivity (Wildman–Crippen MR) is 107 cm³/mol. The van der Waals surface area contributed by atoms with Gasteiger partial charge in [-0.05, 0) is 53.9 Å². The monoisotopic (exact) mass is 406 g/mol. The van der Waals surface area contributed by atoms with Crippen LogP contribution in [0.2, 0.25) is 0 Å². The molecule has 2 atom stereocenters. The van der Waals surface area contributed by atoms with E-state index in [1.165, 1.54) is 12.1 Å². The van der Waals surface area contributed by atoms with Crippen LogP contribution in [-0.4, -0.2) is 42.4 Å². The number of nitrogens with zero attached hydrogens (tertiary/aromatic N) is 3. The second-order valence-corrected chi connectivity index (χ2v) is 10.7. The zero-order valence-electron chi connectivity index (χ0n) is 16.3. The Morgan fingerprint density at radius 3 is 2.61 bits per heavy atom. The van der Waals surface area contributed by atoms with E-state index in [9.17, 15) is 13.4 Å². The average molecular weight is 406 g/mol. The van der Waals surface area contributed by atoms with Crippen molar-refractivity contribution in [2.24, 2.45) is 10.7 Å². The van der Waals surface area contributed by atoms with Crippen LogP contribution in [0.4, 0.5) is 4.39 Å². The summed E-state index contributed by atoms with van der Waals surface area (Å²) in [5.74, 6) is 3.37. The first kappa shape index (κ1) is 20.2. The molecule has 0 aliphatic carbocycles. The van der Waals surface area contributed by atoms with Crippen LogP contribution in [0.3, 0.4) is 0 Å². The topological polar surface area (TPSA) is 111 Å². The molecule has 7 nitrogen and oxygen atoms in total. The highest BCUT2D eigenvalue weighted by Gasteiger charge is 2.45. The third-order valence-corrected chi connectivity index (χ3v) is 8.27. The molecule has 1 aliphatic heterocycles. The van der Waals surface area contributed by atoms with Crippen LogP contribution >= 0.6 is 0 Å². The van der Waals surface area contributed by atoms with E-state index in [1.54, 1.807) is 33.8 Å². The number of benzene rings is 1. The SMILES string of the molecule is C=S1(=O)C[C@@](C)(c2cc(CC(=O)c3nnc(C)o3)ccc2F)N=C(N)C1(C)C. The maximum absolute atomic E-state index is 14.7. The molecular formula is C19H23FN4O3S. The van der Waals surface area contributed by atoms with Crippen LogP contribution in [0.5, 0.6) is 0 Å². The van der Waals surface area contributed by atoms with Gasteiger partial charge in [-0.2, -0.15) is 0 Å². The Morgan fingerprint density at radius 2 is 2.04 bits per heavy atom. The van der Waals surface area contributed by atoms with Gasteiger partial charge in [0.2, 0.25) is 11.7 Å². The minimum atomic E-state index is -2.68. The molecule has 1 unspecified atom stereocenters. The number of halogens is 1. The number of nitrogens with two attached hydrogens (primary N) is 1. The molecule has 0 fully saturated rings. The number of carbonyl (C=O) groups excluding carboxylic acids is 1. The van der Waals surface area contributed by atoms with E-state index in [0.29, 0.717) is 5.56 Å². The molecular weight excluding hydrogens is 383 g/mol. The Balaban J connectivity index is 2.00. The Kier molecular flexibility index (Phi) is 4.69. The number of aliphatic imine (C=N–C) groups is 1. The van der Waals surface area contributed by atoms with Crippen molar-refractivity contribution < 1.29 is 17.8 Å². The number of carbonyl (C=O) groups is 1. The smallest absolute Gasteiger partial charge is 0.284 e. The predicted octanol–water partition coefficient (Wildman–Crippen LogP) is 2.02. The summed E-state index contributed by atoms with van der Waals surface area (Å²) in [4.78, 5) is 16.8. The van der Waals surface area contributed by atoms with E-state index in [-0.39, 0.29) is 41.1 Å². The molecule has 0 radical (unpaired) electrons. The number of rotatable bonds is 4. The van der Waals surface area contributed by atoms with Gasteiger partial charge in [0, 0.05) is 24.7 Å². The lowest BCUT2D eigenvalue weighted by Crippen LogP contribution is -2.54. The largest absolute Gasteiger partial charge is 0.419 e. The fraction of sp³-hybridized carbons (Fsp3) is 0.421. The third kappa shape index (κ3) is 3.34. The van der Waals surface area contributed by atoms with Gasteiger partial charge in [0.25, 0.3) is 5.89 Å². The molecule has 28 heavy (non-hydrogen) atoms. The van der Waals surface area contributed by atoms with Crippen LogP contribution in [0.15, 0.2) is 27.6 Å². The summed E-state index contributed by atoms with van der Waals surface area (Å²) in [5, 5.41) is 7.34. The van der Waals surface area contributed by atoms with Gasteiger partial charge in [-0.25, -0.2) is 4.39 Å². The number of aromatic nitrogens is 2. The molecule has 0 spiro atoms. The van der Waals surface area contributed by atoms with Gasteiger partial charge in [0.05, 0.1) is 10.3 Å². The molecule has 0 bridgehead atoms. The van der Waals surface area contributed by atoms with Crippen LogP contribution in [0.25, 0.3) is 0 Å². The summed E-state index contributed by atoms with van der Waals surface area (Å²) in [7, 11) is -2.68. The standard InChI is InChI=1S/C19H23FN4O3S/c1-11-23-24-16(27-11)15(25)9-12-6-7-14(20)13(8-12)19(4)10-28(5,26)18(2,3)17(21)22-19/h6-8H,5,9-10H2,1-4H3,(H2,21,22)/t19-,28?/m0/s1. The highest BCUT2D eigenvalue weighted by Crippen LogP contribution is 2.38. The quantitative estimate of drug-likeness (QED) is 0.614. The lowest BCUT2D eigenvalue weighted by molar-refractivity contribution is 0.0958. The Hall–Kier alpha value is -2.55. The normalized spacial score (nSPS) is 26.7. The molecule has 1 aromatic heterocycles. The molecule has 1 aliphatic rings. The maximum Gasteiger partial charge on any atom is 0.284 e. The van der Waals surface area contributed by atoms with Crippen molar-refractivity contribution in [1.82, 2.24) is 10.2 Å². The van der Waals surface area contributed by atoms with E-state index in [2.05, 4.69) is 21.1 Å². The first-order valence-electron chi connectivity index (χ1n) is 8.68. The number of Topliss-reactive ketones (excluding diaryl/α,β-unsaturated/α-hetero) is 1. The summed E-state index contributed by atoms with van der Waals surface area (Å²) in [5.41, 5.74) is 5.69. The van der Waals surface area contributed by atoms with Crippen LogP contribution in [0.1, 0.15) is 48.5 Å². The molecule has 0 saturated carbocycles. The van der Waals surface area contributed by atoms with E-state index >= 15 is 0 Å². The van der Waals surface area contributed by atoms with Crippen molar-refractivity contribution in [3.05, 3.63) is 46.9 Å². The summed E-state index contributed by atoms with van der Waals surface area (Å²) in [6.07, 6.45) is -0.0462. The van der Waals surface area contributed by atoms with Gasteiger partial charge in [-0.3, -0.25) is 14.0 Å².